The number of unbranched alkanes of at least 4 members (excludes halogenated alkanes) is 48. The number of phosphoric ester groups is 1. The van der Waals surface area contributed by atoms with Gasteiger partial charge < -0.3 is 28.5 Å². The monoisotopic (exact) mass is 1160 g/mol. The summed E-state index contributed by atoms with van der Waals surface area (Å²) in [6, 6.07) is -0.882. The molecular formula is C71H139N2O7P. The molecule has 81 heavy (non-hydrogen) atoms. The third-order valence-electron chi connectivity index (χ3n) is 16.4. The Bertz CT molecular complexity index is 1430. The second-order valence-corrected chi connectivity index (χ2v) is 27.2. The van der Waals surface area contributed by atoms with Crippen molar-refractivity contribution in [1.82, 2.24) is 5.32 Å². The van der Waals surface area contributed by atoms with Crippen LogP contribution in [0.2, 0.25) is 0 Å². The van der Waals surface area contributed by atoms with E-state index in [2.05, 4.69) is 38.2 Å². The molecular weight excluding hydrogens is 1020 g/mol. The number of carbonyl (C=O) groups is 2. The fourth-order valence-corrected chi connectivity index (χ4v) is 11.6. The standard InChI is InChI=1S/C71H139N2O7P/c1-7-10-13-16-19-22-25-28-30-32-33-34-35-36-37-38-39-41-43-46-49-52-55-58-61-64-71(75)80-69(62-59-56-53-50-47-44-27-24-21-18-15-12-9-3)68(67-79-81(76,77)78-66-65-73(4,5)6)72-70(74)63-60-57-54-51-48-45-42-40-31-29-26-23-20-17-14-11-8-2/h28,30,59,62,68-69H,7-27,29,31-58,60-61,63-67H2,1-6H3,(H-,72,74,76,77)/b30-28+,62-59+. The Labute approximate surface area is 504 Å². The van der Waals surface area contributed by atoms with Crippen molar-refractivity contribution in [2.75, 3.05) is 40.9 Å². The van der Waals surface area contributed by atoms with Crippen LogP contribution in [-0.4, -0.2) is 69.4 Å². The van der Waals surface area contributed by atoms with E-state index in [-0.39, 0.29) is 31.5 Å². The van der Waals surface area contributed by atoms with Crippen molar-refractivity contribution in [3.8, 4) is 0 Å². The van der Waals surface area contributed by atoms with E-state index in [4.69, 9.17) is 13.8 Å². The summed E-state index contributed by atoms with van der Waals surface area (Å²) in [4.78, 5) is 40.2. The van der Waals surface area contributed by atoms with Crippen molar-refractivity contribution in [2.24, 2.45) is 0 Å². The third kappa shape index (κ3) is 62.8. The maximum atomic E-state index is 13.6. The van der Waals surface area contributed by atoms with Crippen LogP contribution in [0.3, 0.4) is 0 Å². The molecule has 0 heterocycles. The zero-order chi connectivity index (χ0) is 59.3. The molecule has 9 nitrogen and oxygen atoms in total. The molecule has 480 valence electrons. The van der Waals surface area contributed by atoms with Crippen LogP contribution in [0, 0.1) is 0 Å². The molecule has 3 atom stereocenters. The Morgan fingerprint density at radius 2 is 0.716 bits per heavy atom. The lowest BCUT2D eigenvalue weighted by atomic mass is 10.0. The van der Waals surface area contributed by atoms with Crippen LogP contribution < -0.4 is 10.2 Å². The first kappa shape index (κ1) is 79.5. The SMILES string of the molecule is CCCCCCCC/C=C/CCCCCCCCCCCCCCCCCC(=O)OC(/C=C/CCCCCCCCCCCCC)C(COP(=O)([O-])OCC[N+](C)(C)C)NC(=O)CCCCCCCCCCCCCCCCCCC. The second-order valence-electron chi connectivity index (χ2n) is 25.7. The Hall–Kier alpha value is -1.51. The van der Waals surface area contributed by atoms with Crippen LogP contribution in [0.5, 0.6) is 0 Å². The van der Waals surface area contributed by atoms with E-state index in [0.717, 1.165) is 57.8 Å². The van der Waals surface area contributed by atoms with Crippen molar-refractivity contribution in [2.45, 2.75) is 380 Å². The second kappa shape index (κ2) is 61.6. The first-order valence-corrected chi connectivity index (χ1v) is 37.1. The number of ether oxygens (including phenoxy) is 1. The number of nitrogens with one attached hydrogen (secondary N) is 1. The first-order chi connectivity index (χ1) is 39.4. The molecule has 0 rings (SSSR count). The zero-order valence-electron chi connectivity index (χ0n) is 55.0. The van der Waals surface area contributed by atoms with Crippen LogP contribution in [0.4, 0.5) is 0 Å². The topological polar surface area (TPSA) is 114 Å². The average molecular weight is 1160 g/mol. The summed E-state index contributed by atoms with van der Waals surface area (Å²) >= 11 is 0. The molecule has 1 N–H and O–H groups in total. The summed E-state index contributed by atoms with van der Waals surface area (Å²) in [7, 11) is 1.21. The summed E-state index contributed by atoms with van der Waals surface area (Å²) in [5, 5.41) is 3.05. The molecule has 0 spiro atoms. The van der Waals surface area contributed by atoms with Crippen molar-refractivity contribution >= 4 is 19.7 Å². The Morgan fingerprint density at radius 1 is 0.420 bits per heavy atom. The fraction of sp³-hybridized carbons (Fsp3) is 0.915. The highest BCUT2D eigenvalue weighted by Gasteiger charge is 2.27. The minimum absolute atomic E-state index is 0.0177. The lowest BCUT2D eigenvalue weighted by molar-refractivity contribution is -0.870. The first-order valence-electron chi connectivity index (χ1n) is 35.6. The fourth-order valence-electron chi connectivity index (χ4n) is 10.9. The number of hydrogen-bond acceptors (Lipinski definition) is 7. The molecule has 0 aliphatic carbocycles. The van der Waals surface area contributed by atoms with Crippen molar-refractivity contribution in [1.29, 1.82) is 0 Å². The van der Waals surface area contributed by atoms with Gasteiger partial charge >= 0.3 is 5.97 Å². The van der Waals surface area contributed by atoms with Gasteiger partial charge in [0.2, 0.25) is 5.91 Å². The number of amides is 1. The van der Waals surface area contributed by atoms with Gasteiger partial charge in [0, 0.05) is 12.8 Å². The predicted octanol–water partition coefficient (Wildman–Crippen LogP) is 21.8. The number of hydrogen-bond donors (Lipinski definition) is 1. The lowest BCUT2D eigenvalue weighted by Crippen LogP contribution is -2.47. The average Bonchev–Trinajstić information content (AvgIpc) is 3.44. The number of esters is 1. The molecule has 0 radical (unpaired) electrons. The van der Waals surface area contributed by atoms with Gasteiger partial charge in [-0.25, -0.2) is 0 Å². The normalized spacial score (nSPS) is 13.6. The molecule has 0 aromatic heterocycles. The van der Waals surface area contributed by atoms with Gasteiger partial charge in [-0.15, -0.1) is 0 Å². The maximum absolute atomic E-state index is 13.6. The van der Waals surface area contributed by atoms with Gasteiger partial charge in [-0.05, 0) is 57.4 Å². The van der Waals surface area contributed by atoms with Gasteiger partial charge in [-0.3, -0.25) is 14.2 Å². The van der Waals surface area contributed by atoms with Gasteiger partial charge in [-0.1, -0.05) is 322 Å². The third-order valence-corrected chi connectivity index (χ3v) is 17.3. The van der Waals surface area contributed by atoms with Crippen LogP contribution >= 0.6 is 7.82 Å². The van der Waals surface area contributed by atoms with E-state index >= 15 is 0 Å². The zero-order valence-corrected chi connectivity index (χ0v) is 55.9. The van der Waals surface area contributed by atoms with Crippen molar-refractivity contribution < 1.29 is 37.3 Å². The molecule has 0 aromatic rings. The van der Waals surface area contributed by atoms with Crippen LogP contribution in [-0.2, 0) is 27.9 Å². The quantitative estimate of drug-likeness (QED) is 0.0212. The van der Waals surface area contributed by atoms with Crippen molar-refractivity contribution in [3.05, 3.63) is 24.3 Å². The molecule has 0 aliphatic rings. The number of phosphoric acid groups is 1. The van der Waals surface area contributed by atoms with E-state index in [1.807, 2.05) is 33.3 Å². The van der Waals surface area contributed by atoms with Gasteiger partial charge in [0.25, 0.3) is 7.82 Å². The predicted molar refractivity (Wildman–Crippen MR) is 349 cm³/mol. The van der Waals surface area contributed by atoms with E-state index < -0.39 is 20.0 Å². The number of rotatable bonds is 66. The molecule has 0 aliphatic heterocycles. The largest absolute Gasteiger partial charge is 0.756 e. The van der Waals surface area contributed by atoms with E-state index in [9.17, 15) is 19.0 Å². The highest BCUT2D eigenvalue weighted by molar-refractivity contribution is 7.45. The molecule has 0 bridgehead atoms. The Morgan fingerprint density at radius 3 is 1.05 bits per heavy atom. The molecule has 1 amide bonds. The minimum atomic E-state index is -4.70. The Balaban J connectivity index is 5.04. The Kier molecular flexibility index (Phi) is 60.4. The maximum Gasteiger partial charge on any atom is 0.306 e. The summed E-state index contributed by atoms with van der Waals surface area (Å²) in [6.07, 6.45) is 74.4. The molecule has 10 heteroatoms. The van der Waals surface area contributed by atoms with Gasteiger partial charge in [0.15, 0.2) is 0 Å². The van der Waals surface area contributed by atoms with Gasteiger partial charge in [0.1, 0.15) is 19.3 Å². The molecule has 0 saturated heterocycles. The lowest BCUT2D eigenvalue weighted by Gasteiger charge is -2.30. The smallest absolute Gasteiger partial charge is 0.306 e. The van der Waals surface area contributed by atoms with Gasteiger partial charge in [-0.2, -0.15) is 0 Å². The van der Waals surface area contributed by atoms with E-state index in [0.29, 0.717) is 17.4 Å². The summed E-state index contributed by atoms with van der Waals surface area (Å²) in [6.45, 7) is 6.91. The minimum Gasteiger partial charge on any atom is -0.756 e. The molecule has 0 aromatic carbocycles. The highest BCUT2D eigenvalue weighted by Crippen LogP contribution is 2.38. The summed E-state index contributed by atoms with van der Waals surface area (Å²) < 4.78 is 30.5. The summed E-state index contributed by atoms with van der Waals surface area (Å²) in [5.74, 6) is -0.517. The number of nitrogens with zero attached hydrogens (tertiary/aromatic N) is 1. The number of carbonyl (C=O) groups excluding carboxylic acids is 2. The van der Waals surface area contributed by atoms with Crippen LogP contribution in [0.1, 0.15) is 367 Å². The van der Waals surface area contributed by atoms with E-state index in [1.165, 1.54) is 276 Å². The molecule has 0 saturated carbocycles. The summed E-state index contributed by atoms with van der Waals surface area (Å²) in [5.41, 5.74) is 0. The van der Waals surface area contributed by atoms with Crippen LogP contribution in [0.25, 0.3) is 0 Å². The molecule has 0 fully saturated rings. The number of allylic oxidation sites excluding steroid dienone is 3. The number of quaternary nitrogens is 1. The number of likely N-dealkylation sites (N-methyl/N-ethyl adjacent to an activating group) is 1. The highest BCUT2D eigenvalue weighted by atomic mass is 31.2. The van der Waals surface area contributed by atoms with E-state index in [1.54, 1.807) is 0 Å². The molecule has 3 unspecified atom stereocenters. The van der Waals surface area contributed by atoms with Crippen molar-refractivity contribution in [3.63, 3.8) is 0 Å². The van der Waals surface area contributed by atoms with Crippen LogP contribution in [0.15, 0.2) is 24.3 Å². The van der Waals surface area contributed by atoms with Gasteiger partial charge in [0.05, 0.1) is 33.8 Å².